The molecule has 2 heterocycles. The van der Waals surface area contributed by atoms with Crippen LogP contribution >= 0.6 is 11.3 Å². The third-order valence-corrected chi connectivity index (χ3v) is 4.33. The molecule has 0 fully saturated rings. The highest BCUT2D eigenvalue weighted by molar-refractivity contribution is 7.13. The van der Waals surface area contributed by atoms with Crippen molar-refractivity contribution in [1.82, 2.24) is 10.3 Å². The van der Waals surface area contributed by atoms with Gasteiger partial charge in [0.15, 0.2) is 11.5 Å². The molecule has 3 N–H and O–H groups in total. The molecule has 122 valence electrons. The third kappa shape index (κ3) is 3.80. The van der Waals surface area contributed by atoms with E-state index in [1.54, 1.807) is 5.38 Å². The van der Waals surface area contributed by atoms with E-state index < -0.39 is 0 Å². The number of carbonyl (C=O) groups is 1. The lowest BCUT2D eigenvalue weighted by Gasteiger charge is -2.18. The molecule has 0 radical (unpaired) electrons. The molecule has 0 bridgehead atoms. The number of hydrogen-bond donors (Lipinski definition) is 2. The Labute approximate surface area is 138 Å². The van der Waals surface area contributed by atoms with Crippen molar-refractivity contribution in [3.8, 4) is 22.1 Å². The Kier molecular flexibility index (Phi) is 5.09. The third-order valence-electron chi connectivity index (χ3n) is 3.44. The number of benzene rings is 1. The summed E-state index contributed by atoms with van der Waals surface area (Å²) in [6.07, 6.45) is 1.78. The van der Waals surface area contributed by atoms with Gasteiger partial charge >= 0.3 is 0 Å². The second-order valence-corrected chi connectivity index (χ2v) is 6.01. The van der Waals surface area contributed by atoms with Gasteiger partial charge in [0, 0.05) is 17.5 Å². The van der Waals surface area contributed by atoms with Crippen LogP contribution in [0.1, 0.15) is 23.3 Å². The second kappa shape index (κ2) is 7.43. The number of unbranched alkanes of at least 4 members (excludes halogenated alkanes) is 1. The largest absolute Gasteiger partial charge is 0.486 e. The maximum absolute atomic E-state index is 12.0. The highest BCUT2D eigenvalue weighted by Gasteiger charge is 2.15. The van der Waals surface area contributed by atoms with Crippen molar-refractivity contribution in [1.29, 1.82) is 0 Å². The zero-order chi connectivity index (χ0) is 16.1. The van der Waals surface area contributed by atoms with Crippen LogP contribution in [0.15, 0.2) is 23.6 Å². The van der Waals surface area contributed by atoms with Gasteiger partial charge in [-0.3, -0.25) is 4.79 Å². The van der Waals surface area contributed by atoms with Gasteiger partial charge in [-0.1, -0.05) is 0 Å². The molecule has 1 aromatic carbocycles. The molecular weight excluding hydrogens is 314 g/mol. The van der Waals surface area contributed by atoms with Gasteiger partial charge < -0.3 is 20.5 Å². The summed E-state index contributed by atoms with van der Waals surface area (Å²) in [5.74, 6) is 1.31. The highest BCUT2D eigenvalue weighted by atomic mass is 32.1. The molecule has 0 atom stereocenters. The van der Waals surface area contributed by atoms with Gasteiger partial charge in [-0.2, -0.15) is 0 Å². The SMILES string of the molecule is NCCCCNC(=O)c1csc(-c2ccc3c(c2)OCCO3)n1. The van der Waals surface area contributed by atoms with Crippen LogP contribution in [-0.4, -0.2) is 37.2 Å². The van der Waals surface area contributed by atoms with E-state index in [1.165, 1.54) is 11.3 Å². The van der Waals surface area contributed by atoms with Crippen LogP contribution in [0.3, 0.4) is 0 Å². The van der Waals surface area contributed by atoms with E-state index in [1.807, 2.05) is 18.2 Å². The number of ether oxygens (including phenoxy) is 2. The minimum absolute atomic E-state index is 0.151. The van der Waals surface area contributed by atoms with E-state index in [2.05, 4.69) is 10.3 Å². The second-order valence-electron chi connectivity index (χ2n) is 5.15. The number of nitrogens with zero attached hydrogens (tertiary/aromatic N) is 1. The summed E-state index contributed by atoms with van der Waals surface area (Å²) in [6, 6.07) is 5.70. The first-order valence-electron chi connectivity index (χ1n) is 7.62. The summed E-state index contributed by atoms with van der Waals surface area (Å²) in [6.45, 7) is 2.37. The van der Waals surface area contributed by atoms with E-state index in [0.717, 1.165) is 34.9 Å². The van der Waals surface area contributed by atoms with Gasteiger partial charge in [-0.05, 0) is 37.6 Å². The molecule has 2 aromatic rings. The zero-order valence-electron chi connectivity index (χ0n) is 12.7. The number of nitrogens with two attached hydrogens (primary N) is 1. The van der Waals surface area contributed by atoms with Gasteiger partial charge in [-0.15, -0.1) is 11.3 Å². The number of aromatic nitrogens is 1. The molecular formula is C16H19N3O3S. The van der Waals surface area contributed by atoms with Crippen molar-refractivity contribution in [3.05, 3.63) is 29.3 Å². The molecule has 0 unspecified atom stereocenters. The Morgan fingerprint density at radius 1 is 1.26 bits per heavy atom. The molecule has 1 aliphatic heterocycles. The summed E-state index contributed by atoms with van der Waals surface area (Å²) in [5, 5.41) is 5.41. The van der Waals surface area contributed by atoms with Crippen LogP contribution in [0.25, 0.3) is 10.6 Å². The summed E-state index contributed by atoms with van der Waals surface area (Å²) in [5.41, 5.74) is 6.79. The number of fused-ring (bicyclic) bond motifs is 1. The fourth-order valence-electron chi connectivity index (χ4n) is 2.25. The van der Waals surface area contributed by atoms with Crippen molar-refractivity contribution in [2.45, 2.75) is 12.8 Å². The fraction of sp³-hybridized carbons (Fsp3) is 0.375. The molecule has 7 heteroatoms. The van der Waals surface area contributed by atoms with E-state index in [-0.39, 0.29) is 5.91 Å². The smallest absolute Gasteiger partial charge is 0.270 e. The first-order chi connectivity index (χ1) is 11.3. The van der Waals surface area contributed by atoms with Crippen molar-refractivity contribution < 1.29 is 14.3 Å². The van der Waals surface area contributed by atoms with Crippen LogP contribution in [0.2, 0.25) is 0 Å². The topological polar surface area (TPSA) is 86.5 Å². The minimum Gasteiger partial charge on any atom is -0.486 e. The number of nitrogens with one attached hydrogen (secondary N) is 1. The van der Waals surface area contributed by atoms with E-state index >= 15 is 0 Å². The number of carbonyl (C=O) groups excluding carboxylic acids is 1. The highest BCUT2D eigenvalue weighted by Crippen LogP contribution is 2.35. The van der Waals surface area contributed by atoms with Gasteiger partial charge in [-0.25, -0.2) is 4.98 Å². The van der Waals surface area contributed by atoms with Gasteiger partial charge in [0.1, 0.15) is 23.9 Å². The molecule has 0 saturated carbocycles. The average Bonchev–Trinajstić information content (AvgIpc) is 3.08. The van der Waals surface area contributed by atoms with Gasteiger partial charge in [0.25, 0.3) is 5.91 Å². The first-order valence-corrected chi connectivity index (χ1v) is 8.49. The predicted octanol–water partition coefficient (Wildman–Crippen LogP) is 2.05. The number of amides is 1. The van der Waals surface area contributed by atoms with Crippen LogP contribution in [0.5, 0.6) is 11.5 Å². The summed E-state index contributed by atoms with van der Waals surface area (Å²) in [4.78, 5) is 16.5. The van der Waals surface area contributed by atoms with Crippen molar-refractivity contribution in [2.75, 3.05) is 26.3 Å². The van der Waals surface area contributed by atoms with Gasteiger partial charge in [0.05, 0.1) is 0 Å². The lowest BCUT2D eigenvalue weighted by molar-refractivity contribution is 0.0949. The molecule has 0 spiro atoms. The lowest BCUT2D eigenvalue weighted by atomic mass is 10.2. The van der Waals surface area contributed by atoms with Crippen LogP contribution in [0, 0.1) is 0 Å². The Morgan fingerprint density at radius 3 is 2.91 bits per heavy atom. The Hall–Kier alpha value is -2.12. The fourth-order valence-corrected chi connectivity index (χ4v) is 3.05. The summed E-state index contributed by atoms with van der Waals surface area (Å²) < 4.78 is 11.1. The number of rotatable bonds is 6. The maximum Gasteiger partial charge on any atom is 0.270 e. The van der Waals surface area contributed by atoms with Crippen LogP contribution < -0.4 is 20.5 Å². The van der Waals surface area contributed by atoms with E-state index in [4.69, 9.17) is 15.2 Å². The Morgan fingerprint density at radius 2 is 2.09 bits per heavy atom. The lowest BCUT2D eigenvalue weighted by Crippen LogP contribution is -2.25. The summed E-state index contributed by atoms with van der Waals surface area (Å²) >= 11 is 1.44. The normalized spacial score (nSPS) is 12.9. The van der Waals surface area contributed by atoms with E-state index in [9.17, 15) is 4.79 Å². The predicted molar refractivity (Wildman–Crippen MR) is 89.2 cm³/mol. The minimum atomic E-state index is -0.151. The van der Waals surface area contributed by atoms with Gasteiger partial charge in [0.2, 0.25) is 0 Å². The quantitative estimate of drug-likeness (QED) is 0.790. The molecule has 0 saturated heterocycles. The van der Waals surface area contributed by atoms with Crippen LogP contribution in [-0.2, 0) is 0 Å². The molecule has 0 aliphatic carbocycles. The average molecular weight is 333 g/mol. The van der Waals surface area contributed by atoms with Crippen molar-refractivity contribution >= 4 is 17.2 Å². The van der Waals surface area contributed by atoms with Crippen molar-refractivity contribution in [2.24, 2.45) is 5.73 Å². The Bertz CT molecular complexity index is 687. The number of thiazole rings is 1. The molecule has 1 aromatic heterocycles. The molecule has 3 rings (SSSR count). The molecule has 23 heavy (non-hydrogen) atoms. The molecule has 1 amide bonds. The zero-order valence-corrected chi connectivity index (χ0v) is 13.5. The van der Waals surface area contributed by atoms with Crippen molar-refractivity contribution in [3.63, 3.8) is 0 Å². The standard InChI is InChI=1S/C16H19N3O3S/c17-5-1-2-6-18-15(20)12-10-23-16(19-12)11-3-4-13-14(9-11)22-8-7-21-13/h3-4,9-10H,1-2,5-8,17H2,(H,18,20). The number of hydrogen-bond acceptors (Lipinski definition) is 6. The van der Waals surface area contributed by atoms with Crippen LogP contribution in [0.4, 0.5) is 0 Å². The summed E-state index contributed by atoms with van der Waals surface area (Å²) in [7, 11) is 0. The monoisotopic (exact) mass is 333 g/mol. The Balaban J connectivity index is 1.68. The molecule has 1 aliphatic rings. The first kappa shape index (κ1) is 15.8. The van der Waals surface area contributed by atoms with E-state index in [0.29, 0.717) is 32.0 Å². The maximum atomic E-state index is 12.0. The molecule has 6 nitrogen and oxygen atoms in total.